The van der Waals surface area contributed by atoms with Crippen molar-refractivity contribution in [3.63, 3.8) is 0 Å². The number of imidazole rings is 1. The van der Waals surface area contributed by atoms with Gasteiger partial charge in [-0.3, -0.25) is 9.79 Å². The number of aliphatic imine (C=N–C) groups is 1. The van der Waals surface area contributed by atoms with Crippen molar-refractivity contribution in [1.29, 1.82) is 0 Å². The summed E-state index contributed by atoms with van der Waals surface area (Å²) in [6.45, 7) is 5.48. The van der Waals surface area contributed by atoms with Crippen LogP contribution in [0.5, 0.6) is 0 Å². The predicted molar refractivity (Wildman–Crippen MR) is 136 cm³/mol. The molecule has 1 aliphatic carbocycles. The molecule has 5 nitrogen and oxygen atoms in total. The summed E-state index contributed by atoms with van der Waals surface area (Å²) in [6, 6.07) is 8.31. The molecule has 0 saturated carbocycles. The van der Waals surface area contributed by atoms with Crippen molar-refractivity contribution in [3.05, 3.63) is 75.2 Å². The number of carbonyl (C=O) groups is 1. The molecule has 0 unspecified atom stereocenters. The largest absolute Gasteiger partial charge is 0.416 e. The average molecular weight is 517 g/mol. The standard InChI is InChI=1S/C27H28ClF3N4O/c1-15-6-4-5-7-22(15)32-16(2)12-18-8-9-19(13-21(18)27(29,30)31)26(36)33-17(3)25-34-23-11-10-20(28)14-24(23)35-25/h8-11,13-14,17H,4-7,12H2,1-3H3,(H,33,36)(H,34,35)/t17-/m0/s1. The first-order valence-electron chi connectivity index (χ1n) is 11.9. The summed E-state index contributed by atoms with van der Waals surface area (Å²) in [4.78, 5) is 25.0. The van der Waals surface area contributed by atoms with Crippen LogP contribution < -0.4 is 5.32 Å². The summed E-state index contributed by atoms with van der Waals surface area (Å²) in [6.07, 6.45) is -0.550. The Bertz CT molecular complexity index is 1360. The van der Waals surface area contributed by atoms with E-state index in [1.165, 1.54) is 17.7 Å². The molecule has 3 aromatic rings. The monoisotopic (exact) mass is 516 g/mol. The minimum absolute atomic E-state index is 0.0610. The highest BCUT2D eigenvalue weighted by Crippen LogP contribution is 2.34. The van der Waals surface area contributed by atoms with Gasteiger partial charge in [-0.15, -0.1) is 0 Å². The van der Waals surface area contributed by atoms with Crippen molar-refractivity contribution < 1.29 is 18.0 Å². The molecule has 190 valence electrons. The molecule has 0 aliphatic heterocycles. The topological polar surface area (TPSA) is 70.1 Å². The zero-order valence-corrected chi connectivity index (χ0v) is 21.1. The number of amides is 1. The number of hydrogen-bond donors (Lipinski definition) is 2. The zero-order valence-electron chi connectivity index (χ0n) is 20.4. The number of H-pyrrole nitrogens is 1. The maximum atomic E-state index is 13.9. The van der Waals surface area contributed by atoms with E-state index in [1.807, 2.05) is 6.92 Å². The number of benzene rings is 2. The molecule has 9 heteroatoms. The van der Waals surface area contributed by atoms with Gasteiger partial charge >= 0.3 is 6.18 Å². The molecule has 0 bridgehead atoms. The summed E-state index contributed by atoms with van der Waals surface area (Å²) in [5.74, 6) is -0.140. The van der Waals surface area contributed by atoms with Gasteiger partial charge in [-0.1, -0.05) is 23.2 Å². The molecule has 2 aromatic carbocycles. The van der Waals surface area contributed by atoms with Gasteiger partial charge in [0.1, 0.15) is 5.82 Å². The number of allylic oxidation sites excluding steroid dienone is 2. The Hall–Kier alpha value is -3.13. The molecular weight excluding hydrogens is 489 g/mol. The van der Waals surface area contributed by atoms with E-state index in [0.29, 0.717) is 27.6 Å². The summed E-state index contributed by atoms with van der Waals surface area (Å²) in [5, 5.41) is 3.26. The number of carbonyl (C=O) groups excluding carboxylic acids is 1. The number of alkyl halides is 3. The highest BCUT2D eigenvalue weighted by atomic mass is 35.5. The van der Waals surface area contributed by atoms with Crippen LogP contribution in [0.1, 0.15) is 79.8 Å². The Morgan fingerprint density at radius 3 is 2.67 bits per heavy atom. The van der Waals surface area contributed by atoms with Crippen molar-refractivity contribution in [2.45, 2.75) is 65.1 Å². The average Bonchev–Trinajstić information content (AvgIpc) is 3.23. The number of nitrogens with one attached hydrogen (secondary N) is 2. The number of fused-ring (bicyclic) bond motifs is 1. The van der Waals surface area contributed by atoms with E-state index in [1.54, 1.807) is 32.0 Å². The van der Waals surface area contributed by atoms with Gasteiger partial charge in [0, 0.05) is 28.4 Å². The van der Waals surface area contributed by atoms with Gasteiger partial charge in [0.25, 0.3) is 5.91 Å². The first-order chi connectivity index (χ1) is 17.0. The molecule has 36 heavy (non-hydrogen) atoms. The van der Waals surface area contributed by atoms with Gasteiger partial charge < -0.3 is 10.3 Å². The molecule has 0 spiro atoms. The quantitative estimate of drug-likeness (QED) is 0.331. The molecule has 1 amide bonds. The fourth-order valence-corrected chi connectivity index (χ4v) is 4.60. The minimum Gasteiger partial charge on any atom is -0.342 e. The molecule has 1 heterocycles. The van der Waals surface area contributed by atoms with Gasteiger partial charge in [-0.2, -0.15) is 13.2 Å². The van der Waals surface area contributed by atoms with Gasteiger partial charge in [-0.05, 0) is 82.3 Å². The second kappa shape index (κ2) is 10.5. The number of aromatic nitrogens is 2. The van der Waals surface area contributed by atoms with Crippen molar-refractivity contribution in [2.75, 3.05) is 0 Å². The van der Waals surface area contributed by atoms with Crippen molar-refractivity contribution >= 4 is 34.3 Å². The Morgan fingerprint density at radius 2 is 1.94 bits per heavy atom. The third kappa shape index (κ3) is 5.98. The summed E-state index contributed by atoms with van der Waals surface area (Å²) < 4.78 is 41.8. The third-order valence-electron chi connectivity index (χ3n) is 6.38. The SMILES string of the molecule is CC(Cc1ccc(C(=O)N[C@@H](C)c2nc3ccc(Cl)cc3[nH]2)cc1C(F)(F)F)=NC1=C(C)CCCC1. The van der Waals surface area contributed by atoms with Crippen LogP contribution in [0.15, 0.2) is 52.7 Å². The maximum Gasteiger partial charge on any atom is 0.416 e. The number of aromatic amines is 1. The van der Waals surface area contributed by atoms with Crippen LogP contribution >= 0.6 is 11.6 Å². The van der Waals surface area contributed by atoms with E-state index in [-0.39, 0.29) is 17.5 Å². The molecule has 2 N–H and O–H groups in total. The molecule has 0 fully saturated rings. The highest BCUT2D eigenvalue weighted by Gasteiger charge is 2.34. The highest BCUT2D eigenvalue weighted by molar-refractivity contribution is 6.31. The lowest BCUT2D eigenvalue weighted by Crippen LogP contribution is -2.28. The van der Waals surface area contributed by atoms with Crippen LogP contribution in [0.2, 0.25) is 5.02 Å². The molecule has 4 rings (SSSR count). The van der Waals surface area contributed by atoms with E-state index in [2.05, 4.69) is 20.3 Å². The van der Waals surface area contributed by atoms with Crippen LogP contribution in [0, 0.1) is 0 Å². The molecule has 1 aromatic heterocycles. The maximum absolute atomic E-state index is 13.9. The Morgan fingerprint density at radius 1 is 1.19 bits per heavy atom. The number of hydrogen-bond acceptors (Lipinski definition) is 3. The summed E-state index contributed by atoms with van der Waals surface area (Å²) >= 11 is 6.00. The second-order valence-electron chi connectivity index (χ2n) is 9.31. The van der Waals surface area contributed by atoms with Gasteiger partial charge in [-0.25, -0.2) is 4.98 Å². The Balaban J connectivity index is 1.54. The first kappa shape index (κ1) is 25.9. The van der Waals surface area contributed by atoms with Crippen LogP contribution in [-0.2, 0) is 12.6 Å². The Labute approximate surface area is 212 Å². The molecule has 1 aliphatic rings. The molecule has 0 saturated heterocycles. The number of rotatable bonds is 6. The third-order valence-corrected chi connectivity index (χ3v) is 6.61. The lowest BCUT2D eigenvalue weighted by atomic mass is 9.96. The van der Waals surface area contributed by atoms with E-state index >= 15 is 0 Å². The van der Waals surface area contributed by atoms with Crippen LogP contribution in [0.4, 0.5) is 13.2 Å². The van der Waals surface area contributed by atoms with Crippen LogP contribution in [0.3, 0.4) is 0 Å². The molecule has 0 radical (unpaired) electrons. The van der Waals surface area contributed by atoms with Crippen molar-refractivity contribution in [3.8, 4) is 0 Å². The predicted octanol–water partition coefficient (Wildman–Crippen LogP) is 7.58. The van der Waals surface area contributed by atoms with Crippen molar-refractivity contribution in [2.24, 2.45) is 4.99 Å². The molecular formula is C27H28ClF3N4O. The lowest BCUT2D eigenvalue weighted by Gasteiger charge is -2.17. The van der Waals surface area contributed by atoms with Crippen LogP contribution in [-0.4, -0.2) is 21.6 Å². The summed E-state index contributed by atoms with van der Waals surface area (Å²) in [7, 11) is 0. The summed E-state index contributed by atoms with van der Waals surface area (Å²) in [5.41, 5.74) is 3.37. The van der Waals surface area contributed by atoms with Gasteiger partial charge in [0.05, 0.1) is 22.6 Å². The fourth-order valence-electron chi connectivity index (χ4n) is 4.43. The molecule has 1 atom stereocenters. The van der Waals surface area contributed by atoms with Crippen molar-refractivity contribution in [1.82, 2.24) is 15.3 Å². The Kier molecular flexibility index (Phi) is 7.54. The normalized spacial score (nSPS) is 15.9. The van der Waals surface area contributed by atoms with E-state index < -0.39 is 23.7 Å². The first-order valence-corrected chi connectivity index (χ1v) is 12.3. The smallest absolute Gasteiger partial charge is 0.342 e. The zero-order chi connectivity index (χ0) is 26.0. The van der Waals surface area contributed by atoms with Crippen LogP contribution in [0.25, 0.3) is 11.0 Å². The fraction of sp³-hybridized carbons (Fsp3) is 0.370. The van der Waals surface area contributed by atoms with E-state index in [9.17, 15) is 18.0 Å². The van der Waals surface area contributed by atoms with Gasteiger partial charge in [0.2, 0.25) is 0 Å². The number of nitrogens with zero attached hydrogens (tertiary/aromatic N) is 2. The number of halogens is 4. The second-order valence-corrected chi connectivity index (χ2v) is 9.74. The van der Waals surface area contributed by atoms with E-state index in [0.717, 1.165) is 37.4 Å². The van der Waals surface area contributed by atoms with Gasteiger partial charge in [0.15, 0.2) is 0 Å². The minimum atomic E-state index is -4.60. The van der Waals surface area contributed by atoms with E-state index in [4.69, 9.17) is 11.6 Å². The lowest BCUT2D eigenvalue weighted by molar-refractivity contribution is -0.138.